The largest absolute Gasteiger partial charge is 0.489 e. The standard InChI is InChI=1S/C24H17BrO3/c1-2-16-3-5-18(6-4-16)15-27-20-11-12-21-22(14-20)28-23(24(21)26)13-17-7-9-19(25)10-8-17/h2-14H,1,15H2. The van der Waals surface area contributed by atoms with Crippen LogP contribution >= 0.6 is 15.9 Å². The lowest BCUT2D eigenvalue weighted by atomic mass is 10.1. The van der Waals surface area contributed by atoms with E-state index < -0.39 is 0 Å². The molecule has 0 atom stereocenters. The molecule has 0 fully saturated rings. The van der Waals surface area contributed by atoms with E-state index in [-0.39, 0.29) is 5.78 Å². The van der Waals surface area contributed by atoms with Crippen molar-refractivity contribution in [2.75, 3.05) is 0 Å². The average Bonchev–Trinajstić information content (AvgIpc) is 3.03. The Labute approximate surface area is 172 Å². The predicted octanol–water partition coefficient (Wildman–Crippen LogP) is 6.29. The van der Waals surface area contributed by atoms with Gasteiger partial charge in [-0.25, -0.2) is 0 Å². The Bertz CT molecular complexity index is 1060. The van der Waals surface area contributed by atoms with E-state index in [0.29, 0.717) is 29.4 Å². The van der Waals surface area contributed by atoms with E-state index in [0.717, 1.165) is 21.2 Å². The van der Waals surface area contributed by atoms with Crippen molar-refractivity contribution in [3.63, 3.8) is 0 Å². The summed E-state index contributed by atoms with van der Waals surface area (Å²) in [6.45, 7) is 4.19. The van der Waals surface area contributed by atoms with Crippen LogP contribution in [0.5, 0.6) is 11.5 Å². The Morgan fingerprint density at radius 2 is 1.68 bits per heavy atom. The quantitative estimate of drug-likeness (QED) is 0.444. The van der Waals surface area contributed by atoms with Gasteiger partial charge in [0, 0.05) is 10.5 Å². The van der Waals surface area contributed by atoms with Crippen molar-refractivity contribution in [2.24, 2.45) is 0 Å². The summed E-state index contributed by atoms with van der Waals surface area (Å²) < 4.78 is 12.6. The number of hydrogen-bond donors (Lipinski definition) is 0. The maximum absolute atomic E-state index is 12.6. The highest BCUT2D eigenvalue weighted by atomic mass is 79.9. The number of Topliss-reactive ketones (excluding diaryl/α,β-unsaturated/α-hetero) is 1. The van der Waals surface area contributed by atoms with Crippen LogP contribution in [0.2, 0.25) is 0 Å². The number of ether oxygens (including phenoxy) is 2. The fourth-order valence-electron chi connectivity index (χ4n) is 2.88. The third kappa shape index (κ3) is 3.92. The number of rotatable bonds is 5. The molecule has 1 aliphatic heterocycles. The zero-order valence-electron chi connectivity index (χ0n) is 15.0. The van der Waals surface area contributed by atoms with Gasteiger partial charge in [0.25, 0.3) is 0 Å². The van der Waals surface area contributed by atoms with Gasteiger partial charge in [-0.05, 0) is 47.0 Å². The van der Waals surface area contributed by atoms with Gasteiger partial charge >= 0.3 is 0 Å². The molecular weight excluding hydrogens is 416 g/mol. The summed E-state index contributed by atoms with van der Waals surface area (Å²) in [6.07, 6.45) is 3.55. The van der Waals surface area contributed by atoms with E-state index in [9.17, 15) is 4.79 Å². The number of carbonyl (C=O) groups is 1. The summed E-state index contributed by atoms with van der Waals surface area (Å²) in [7, 11) is 0. The van der Waals surface area contributed by atoms with Crippen molar-refractivity contribution in [3.8, 4) is 11.5 Å². The van der Waals surface area contributed by atoms with Crippen LogP contribution in [0, 0.1) is 0 Å². The highest BCUT2D eigenvalue weighted by molar-refractivity contribution is 9.10. The number of hydrogen-bond acceptors (Lipinski definition) is 3. The van der Waals surface area contributed by atoms with Crippen LogP contribution in [-0.4, -0.2) is 5.78 Å². The average molecular weight is 433 g/mol. The Balaban J connectivity index is 1.48. The fraction of sp³-hybridized carbons (Fsp3) is 0.0417. The molecule has 0 N–H and O–H groups in total. The van der Waals surface area contributed by atoms with Crippen LogP contribution in [0.1, 0.15) is 27.0 Å². The van der Waals surface area contributed by atoms with Crippen LogP contribution < -0.4 is 9.47 Å². The highest BCUT2D eigenvalue weighted by Crippen LogP contribution is 2.35. The first kappa shape index (κ1) is 18.3. The Kier molecular flexibility index (Phi) is 5.13. The van der Waals surface area contributed by atoms with Gasteiger partial charge in [-0.1, -0.05) is 65.0 Å². The molecule has 4 heteroatoms. The van der Waals surface area contributed by atoms with Crippen LogP contribution in [-0.2, 0) is 6.61 Å². The van der Waals surface area contributed by atoms with Crippen molar-refractivity contribution in [3.05, 3.63) is 106 Å². The lowest BCUT2D eigenvalue weighted by Crippen LogP contribution is -1.98. The fourth-order valence-corrected chi connectivity index (χ4v) is 3.15. The van der Waals surface area contributed by atoms with Crippen LogP contribution in [0.4, 0.5) is 0 Å². The third-order valence-corrected chi connectivity index (χ3v) is 4.96. The van der Waals surface area contributed by atoms with Crippen LogP contribution in [0.3, 0.4) is 0 Å². The van der Waals surface area contributed by atoms with Crippen molar-refractivity contribution >= 4 is 33.9 Å². The molecule has 0 saturated carbocycles. The number of fused-ring (bicyclic) bond motifs is 1. The van der Waals surface area contributed by atoms with Gasteiger partial charge in [0.15, 0.2) is 5.76 Å². The van der Waals surface area contributed by atoms with Gasteiger partial charge in [-0.3, -0.25) is 4.79 Å². The van der Waals surface area contributed by atoms with Crippen molar-refractivity contribution < 1.29 is 14.3 Å². The van der Waals surface area contributed by atoms with E-state index >= 15 is 0 Å². The molecule has 0 spiro atoms. The molecule has 0 aromatic heterocycles. The van der Waals surface area contributed by atoms with E-state index in [2.05, 4.69) is 22.5 Å². The summed E-state index contributed by atoms with van der Waals surface area (Å²) >= 11 is 3.40. The molecule has 0 amide bonds. The third-order valence-electron chi connectivity index (χ3n) is 4.43. The maximum Gasteiger partial charge on any atom is 0.231 e. The maximum atomic E-state index is 12.6. The summed E-state index contributed by atoms with van der Waals surface area (Å²) in [5.41, 5.74) is 3.57. The van der Waals surface area contributed by atoms with E-state index in [4.69, 9.17) is 9.47 Å². The molecule has 0 saturated heterocycles. The summed E-state index contributed by atoms with van der Waals surface area (Å²) in [5, 5.41) is 0. The van der Waals surface area contributed by atoms with Gasteiger partial charge in [0.1, 0.15) is 18.1 Å². The lowest BCUT2D eigenvalue weighted by Gasteiger charge is -2.07. The minimum Gasteiger partial charge on any atom is -0.489 e. The molecule has 4 rings (SSSR count). The van der Waals surface area contributed by atoms with Gasteiger partial charge < -0.3 is 9.47 Å². The second-order valence-electron chi connectivity index (χ2n) is 6.38. The number of halogens is 1. The molecule has 3 aromatic rings. The van der Waals surface area contributed by atoms with Crippen LogP contribution in [0.15, 0.2) is 83.5 Å². The molecule has 3 aromatic carbocycles. The minimum absolute atomic E-state index is 0.121. The Morgan fingerprint density at radius 1 is 0.964 bits per heavy atom. The van der Waals surface area contributed by atoms with Gasteiger partial charge in [0.05, 0.1) is 5.56 Å². The topological polar surface area (TPSA) is 35.5 Å². The first-order chi connectivity index (χ1) is 13.6. The summed E-state index contributed by atoms with van der Waals surface area (Å²) in [4.78, 5) is 12.6. The van der Waals surface area contributed by atoms with E-state index in [1.165, 1.54) is 0 Å². The predicted molar refractivity (Wildman–Crippen MR) is 114 cm³/mol. The van der Waals surface area contributed by atoms with Gasteiger partial charge in [0.2, 0.25) is 5.78 Å². The normalized spacial score (nSPS) is 13.9. The molecule has 0 bridgehead atoms. The second-order valence-corrected chi connectivity index (χ2v) is 7.30. The smallest absolute Gasteiger partial charge is 0.231 e. The van der Waals surface area contributed by atoms with Crippen molar-refractivity contribution in [2.45, 2.75) is 6.61 Å². The zero-order valence-corrected chi connectivity index (χ0v) is 16.6. The van der Waals surface area contributed by atoms with Crippen LogP contribution in [0.25, 0.3) is 12.2 Å². The van der Waals surface area contributed by atoms with Crippen molar-refractivity contribution in [1.82, 2.24) is 0 Å². The number of allylic oxidation sites excluding steroid dienone is 1. The summed E-state index contributed by atoms with van der Waals surface area (Å²) in [6, 6.07) is 21.0. The highest BCUT2D eigenvalue weighted by Gasteiger charge is 2.27. The SMILES string of the molecule is C=Cc1ccc(COc2ccc3c(c2)OC(=Cc2ccc(Br)cc2)C3=O)cc1. The molecule has 0 aliphatic carbocycles. The molecule has 138 valence electrons. The molecular formula is C24H17BrO3. The lowest BCUT2D eigenvalue weighted by molar-refractivity contribution is 0.101. The van der Waals surface area contributed by atoms with Gasteiger partial charge in [-0.15, -0.1) is 0 Å². The Hall–Kier alpha value is -3.11. The summed E-state index contributed by atoms with van der Waals surface area (Å²) in [5.74, 6) is 1.37. The Morgan fingerprint density at radius 3 is 2.39 bits per heavy atom. The number of benzene rings is 3. The van der Waals surface area contributed by atoms with E-state index in [1.54, 1.807) is 30.4 Å². The van der Waals surface area contributed by atoms with E-state index in [1.807, 2.05) is 48.5 Å². The minimum atomic E-state index is -0.121. The monoisotopic (exact) mass is 432 g/mol. The molecule has 1 aliphatic rings. The molecule has 0 unspecified atom stereocenters. The molecule has 28 heavy (non-hydrogen) atoms. The number of ketones is 1. The molecule has 1 heterocycles. The first-order valence-corrected chi connectivity index (χ1v) is 9.60. The zero-order chi connectivity index (χ0) is 19.5. The van der Waals surface area contributed by atoms with Gasteiger partial charge in [-0.2, -0.15) is 0 Å². The molecule has 3 nitrogen and oxygen atoms in total. The second kappa shape index (κ2) is 7.87. The van der Waals surface area contributed by atoms with Crippen molar-refractivity contribution in [1.29, 1.82) is 0 Å². The number of carbonyl (C=O) groups excluding carboxylic acids is 1. The first-order valence-electron chi connectivity index (χ1n) is 8.80. The molecule has 0 radical (unpaired) electrons.